The molecule has 0 aliphatic carbocycles. The van der Waals surface area contributed by atoms with E-state index in [2.05, 4.69) is 4.98 Å². The summed E-state index contributed by atoms with van der Waals surface area (Å²) < 4.78 is 41.1. The monoisotopic (exact) mass is 478 g/mol. The second kappa shape index (κ2) is 10.0. The fourth-order valence-corrected chi connectivity index (χ4v) is 5.70. The zero-order valence-corrected chi connectivity index (χ0v) is 20.2. The van der Waals surface area contributed by atoms with Gasteiger partial charge in [0.2, 0.25) is 10.0 Å². The van der Waals surface area contributed by atoms with Gasteiger partial charge in [-0.1, -0.05) is 25.2 Å². The number of benzene rings is 2. The first kappa shape index (κ1) is 24.2. The van der Waals surface area contributed by atoms with Crippen LogP contribution in [0.3, 0.4) is 0 Å². The lowest BCUT2D eigenvalue weighted by Gasteiger charge is -2.22. The molecule has 0 N–H and O–H groups in total. The molecular weight excluding hydrogens is 451 g/mol. The van der Waals surface area contributed by atoms with Crippen LogP contribution in [0, 0.1) is 5.82 Å². The van der Waals surface area contributed by atoms with E-state index in [4.69, 9.17) is 0 Å². The second-order valence-corrected chi connectivity index (χ2v) is 10.4. The van der Waals surface area contributed by atoms with Crippen molar-refractivity contribution in [2.24, 2.45) is 0 Å². The Balaban J connectivity index is 1.94. The normalized spacial score (nSPS) is 12.1. The lowest BCUT2D eigenvalue weighted by Crippen LogP contribution is -2.36. The maximum Gasteiger partial charge on any atom is 0.260 e. The maximum atomic E-state index is 13.6. The number of fused-ring (bicyclic) bond motifs is 1. The molecular formula is C22H27FN4O3S2. The lowest BCUT2D eigenvalue weighted by atomic mass is 10.2. The molecule has 0 fully saturated rings. The lowest BCUT2D eigenvalue weighted by molar-refractivity contribution is 0.0985. The molecule has 3 rings (SSSR count). The van der Waals surface area contributed by atoms with Crippen molar-refractivity contribution in [2.75, 3.05) is 45.2 Å². The maximum absolute atomic E-state index is 13.6. The Morgan fingerprint density at radius 1 is 1.03 bits per heavy atom. The van der Waals surface area contributed by atoms with Crippen LogP contribution in [0.5, 0.6) is 0 Å². The van der Waals surface area contributed by atoms with Crippen molar-refractivity contribution < 1.29 is 17.6 Å². The molecule has 3 aromatic rings. The molecule has 0 bridgehead atoms. The average Bonchev–Trinajstić information content (AvgIpc) is 3.17. The van der Waals surface area contributed by atoms with Crippen LogP contribution in [0.25, 0.3) is 10.2 Å². The van der Waals surface area contributed by atoms with Gasteiger partial charge in [0.25, 0.3) is 5.91 Å². The number of halogens is 1. The molecule has 0 saturated heterocycles. The van der Waals surface area contributed by atoms with Crippen molar-refractivity contribution in [2.45, 2.75) is 18.7 Å². The summed E-state index contributed by atoms with van der Waals surface area (Å²) in [5.74, 6) is -0.651. The highest BCUT2D eigenvalue weighted by molar-refractivity contribution is 7.89. The standard InChI is InChI=1S/C22H27FN4O3S2/c1-5-26(6-2)32(29,30)18-10-7-16(8-11-18)21(28)27(14-13-25(3)4)22-24-19-12-9-17(23)15-20(19)31-22/h7-12,15H,5-6,13-14H2,1-4H3. The number of hydrogen-bond donors (Lipinski definition) is 0. The highest BCUT2D eigenvalue weighted by Crippen LogP contribution is 2.30. The van der Waals surface area contributed by atoms with Crippen LogP contribution in [0.1, 0.15) is 24.2 Å². The molecule has 172 valence electrons. The Morgan fingerprint density at radius 3 is 2.28 bits per heavy atom. The van der Waals surface area contributed by atoms with E-state index < -0.39 is 10.0 Å². The Morgan fingerprint density at radius 2 is 1.69 bits per heavy atom. The van der Waals surface area contributed by atoms with E-state index in [0.717, 1.165) is 0 Å². The molecule has 0 aliphatic rings. The largest absolute Gasteiger partial charge is 0.308 e. The highest BCUT2D eigenvalue weighted by atomic mass is 32.2. The minimum absolute atomic E-state index is 0.146. The van der Waals surface area contributed by atoms with E-state index in [-0.39, 0.29) is 16.6 Å². The molecule has 0 atom stereocenters. The number of thiazole rings is 1. The fraction of sp³-hybridized carbons (Fsp3) is 0.364. The SMILES string of the molecule is CCN(CC)S(=O)(=O)c1ccc(C(=O)N(CCN(C)C)c2nc3ccc(F)cc3s2)cc1. The van der Waals surface area contributed by atoms with E-state index in [1.54, 1.807) is 24.8 Å². The molecule has 32 heavy (non-hydrogen) atoms. The number of sulfonamides is 1. The summed E-state index contributed by atoms with van der Waals surface area (Å²) in [5.41, 5.74) is 0.974. The van der Waals surface area contributed by atoms with Gasteiger partial charge in [-0.2, -0.15) is 4.31 Å². The Kier molecular flexibility index (Phi) is 7.60. The van der Waals surface area contributed by atoms with Gasteiger partial charge in [-0.25, -0.2) is 17.8 Å². The molecule has 1 heterocycles. The Labute approximate surface area is 192 Å². The number of amides is 1. The number of aromatic nitrogens is 1. The van der Waals surface area contributed by atoms with E-state index in [1.165, 1.54) is 52.0 Å². The molecule has 0 saturated carbocycles. The van der Waals surface area contributed by atoms with Crippen LogP contribution in [-0.4, -0.2) is 68.8 Å². The van der Waals surface area contributed by atoms with Crippen molar-refractivity contribution in [3.05, 3.63) is 53.8 Å². The average molecular weight is 479 g/mol. The van der Waals surface area contributed by atoms with Gasteiger partial charge in [-0.15, -0.1) is 0 Å². The van der Waals surface area contributed by atoms with Gasteiger partial charge in [-0.3, -0.25) is 9.69 Å². The summed E-state index contributed by atoms with van der Waals surface area (Å²) in [6.07, 6.45) is 0. The van der Waals surface area contributed by atoms with Crippen LogP contribution in [0.2, 0.25) is 0 Å². The quantitative estimate of drug-likeness (QED) is 0.469. The Bertz CT molecular complexity index is 1190. The van der Waals surface area contributed by atoms with Crippen molar-refractivity contribution in [1.29, 1.82) is 0 Å². The van der Waals surface area contributed by atoms with E-state index in [0.29, 0.717) is 47.1 Å². The highest BCUT2D eigenvalue weighted by Gasteiger charge is 2.24. The van der Waals surface area contributed by atoms with Crippen LogP contribution in [0.15, 0.2) is 47.4 Å². The molecule has 0 spiro atoms. The molecule has 0 unspecified atom stereocenters. The van der Waals surface area contributed by atoms with Gasteiger partial charge in [0.15, 0.2) is 5.13 Å². The molecule has 1 amide bonds. The van der Waals surface area contributed by atoms with Crippen molar-refractivity contribution >= 4 is 42.6 Å². The number of anilines is 1. The van der Waals surface area contributed by atoms with Gasteiger partial charge < -0.3 is 4.90 Å². The first-order valence-corrected chi connectivity index (χ1v) is 12.6. The Hall–Kier alpha value is -2.40. The van der Waals surface area contributed by atoms with Crippen LogP contribution in [-0.2, 0) is 10.0 Å². The summed E-state index contributed by atoms with van der Waals surface area (Å²) in [6.45, 7) is 5.29. The minimum atomic E-state index is -3.60. The molecule has 0 aliphatic heterocycles. The van der Waals surface area contributed by atoms with Gasteiger partial charge >= 0.3 is 0 Å². The third kappa shape index (κ3) is 5.15. The van der Waals surface area contributed by atoms with E-state index in [9.17, 15) is 17.6 Å². The van der Waals surface area contributed by atoms with Crippen LogP contribution < -0.4 is 4.90 Å². The summed E-state index contributed by atoms with van der Waals surface area (Å²) in [4.78, 5) is 21.5. The fourth-order valence-electron chi connectivity index (χ4n) is 3.22. The van der Waals surface area contributed by atoms with Crippen molar-refractivity contribution in [3.63, 3.8) is 0 Å². The smallest absolute Gasteiger partial charge is 0.260 e. The first-order valence-electron chi connectivity index (χ1n) is 10.3. The summed E-state index contributed by atoms with van der Waals surface area (Å²) in [6, 6.07) is 10.3. The van der Waals surface area contributed by atoms with E-state index in [1.807, 2.05) is 19.0 Å². The first-order chi connectivity index (χ1) is 15.2. The minimum Gasteiger partial charge on any atom is -0.308 e. The van der Waals surface area contributed by atoms with Crippen molar-refractivity contribution in [3.8, 4) is 0 Å². The number of rotatable bonds is 9. The van der Waals surface area contributed by atoms with Gasteiger partial charge in [0.1, 0.15) is 5.82 Å². The zero-order chi connectivity index (χ0) is 23.5. The van der Waals surface area contributed by atoms with E-state index >= 15 is 0 Å². The summed E-state index contributed by atoms with van der Waals surface area (Å²) >= 11 is 1.24. The second-order valence-electron chi connectivity index (χ2n) is 7.48. The third-order valence-electron chi connectivity index (χ3n) is 5.03. The van der Waals surface area contributed by atoms with Crippen LogP contribution >= 0.6 is 11.3 Å². The number of hydrogen-bond acceptors (Lipinski definition) is 6. The molecule has 1 aromatic heterocycles. The molecule has 2 aromatic carbocycles. The number of carbonyl (C=O) groups excluding carboxylic acids is 1. The number of nitrogens with zero attached hydrogens (tertiary/aromatic N) is 4. The predicted molar refractivity (Wildman–Crippen MR) is 126 cm³/mol. The molecule has 0 radical (unpaired) electrons. The predicted octanol–water partition coefficient (Wildman–Crippen LogP) is 3.67. The van der Waals surface area contributed by atoms with Gasteiger partial charge in [0, 0.05) is 31.7 Å². The number of likely N-dealkylation sites (N-methyl/N-ethyl adjacent to an activating group) is 1. The van der Waals surface area contributed by atoms with Crippen molar-refractivity contribution in [1.82, 2.24) is 14.2 Å². The van der Waals surface area contributed by atoms with Gasteiger partial charge in [0.05, 0.1) is 15.1 Å². The topological polar surface area (TPSA) is 73.8 Å². The molecule has 10 heteroatoms. The zero-order valence-electron chi connectivity index (χ0n) is 18.6. The molecule has 7 nitrogen and oxygen atoms in total. The van der Waals surface area contributed by atoms with Crippen LogP contribution in [0.4, 0.5) is 9.52 Å². The summed E-state index contributed by atoms with van der Waals surface area (Å²) in [7, 11) is 0.209. The summed E-state index contributed by atoms with van der Waals surface area (Å²) in [5, 5.41) is 0.470. The van der Waals surface area contributed by atoms with Gasteiger partial charge in [-0.05, 0) is 56.6 Å². The number of carbonyl (C=O) groups is 1. The third-order valence-corrected chi connectivity index (χ3v) is 8.14.